The quantitative estimate of drug-likeness (QED) is 0.870. The van der Waals surface area contributed by atoms with Crippen LogP contribution in [0.5, 0.6) is 0 Å². The highest BCUT2D eigenvalue weighted by atomic mass is 16.5. The lowest BCUT2D eigenvalue weighted by molar-refractivity contribution is -0.119. The number of carbonyl (C=O) groups is 1. The maximum absolute atomic E-state index is 12.0. The maximum Gasteiger partial charge on any atom is 0.227 e. The molecule has 20 heavy (non-hydrogen) atoms. The van der Waals surface area contributed by atoms with Crippen molar-refractivity contribution in [2.75, 3.05) is 25.0 Å². The van der Waals surface area contributed by atoms with Crippen LogP contribution in [0.25, 0.3) is 10.9 Å². The van der Waals surface area contributed by atoms with E-state index in [1.807, 2.05) is 18.2 Å². The third-order valence-corrected chi connectivity index (χ3v) is 3.21. The molecular formula is C14H16N4O2. The molecule has 1 fully saturated rings. The van der Waals surface area contributed by atoms with E-state index in [0.29, 0.717) is 13.0 Å². The fourth-order valence-corrected chi connectivity index (χ4v) is 2.23. The number of carbonyl (C=O) groups excluding carboxylic acids is 1. The summed E-state index contributed by atoms with van der Waals surface area (Å²) in [4.78, 5) is 20.1. The highest BCUT2D eigenvalue weighted by Gasteiger charge is 2.17. The Kier molecular flexibility index (Phi) is 3.85. The third-order valence-electron chi connectivity index (χ3n) is 3.21. The molecule has 1 aromatic heterocycles. The molecule has 1 aliphatic heterocycles. The molecule has 2 aromatic rings. The molecule has 6 nitrogen and oxygen atoms in total. The van der Waals surface area contributed by atoms with Gasteiger partial charge in [0, 0.05) is 30.4 Å². The Morgan fingerprint density at radius 2 is 2.45 bits per heavy atom. The van der Waals surface area contributed by atoms with Crippen LogP contribution in [-0.2, 0) is 9.53 Å². The Morgan fingerprint density at radius 1 is 1.50 bits per heavy atom. The number of aromatic nitrogens is 2. The van der Waals surface area contributed by atoms with Crippen LogP contribution in [0.3, 0.4) is 0 Å². The largest absolute Gasteiger partial charge is 0.375 e. The van der Waals surface area contributed by atoms with Crippen LogP contribution in [-0.4, -0.2) is 41.7 Å². The van der Waals surface area contributed by atoms with Gasteiger partial charge in [-0.25, -0.2) is 9.97 Å². The Hall–Kier alpha value is -2.05. The molecule has 2 N–H and O–H groups in total. The summed E-state index contributed by atoms with van der Waals surface area (Å²) in [6, 6.07) is 5.58. The number of nitrogens with zero attached hydrogens (tertiary/aromatic N) is 2. The minimum atomic E-state index is -0.0486. The van der Waals surface area contributed by atoms with Crippen molar-refractivity contribution in [3.05, 3.63) is 30.7 Å². The van der Waals surface area contributed by atoms with Crippen molar-refractivity contribution < 1.29 is 9.53 Å². The standard InChI is InChI=1S/C14H16N4O2/c19-14(6-12-8-15-3-4-20-12)18-11-1-2-13-10(5-11)7-16-9-17-13/h1-2,5,7,9,12,15H,3-4,6,8H2,(H,18,19). The van der Waals surface area contributed by atoms with Gasteiger partial charge in [0.15, 0.2) is 0 Å². The second-order valence-electron chi connectivity index (χ2n) is 4.75. The van der Waals surface area contributed by atoms with E-state index >= 15 is 0 Å². The number of anilines is 1. The first kappa shape index (κ1) is 13.0. The van der Waals surface area contributed by atoms with E-state index in [9.17, 15) is 4.79 Å². The molecule has 1 amide bonds. The van der Waals surface area contributed by atoms with Gasteiger partial charge in [-0.05, 0) is 18.2 Å². The number of morpholine rings is 1. The first-order chi connectivity index (χ1) is 9.81. The molecule has 1 atom stereocenters. The van der Waals surface area contributed by atoms with Crippen molar-refractivity contribution in [2.45, 2.75) is 12.5 Å². The SMILES string of the molecule is O=C(CC1CNCCO1)Nc1ccc2ncncc2c1. The molecule has 104 valence electrons. The summed E-state index contributed by atoms with van der Waals surface area (Å²) < 4.78 is 5.51. The molecular weight excluding hydrogens is 256 g/mol. The van der Waals surface area contributed by atoms with Gasteiger partial charge in [0.2, 0.25) is 5.91 Å². The van der Waals surface area contributed by atoms with E-state index in [1.54, 1.807) is 6.20 Å². The molecule has 1 aromatic carbocycles. The summed E-state index contributed by atoms with van der Waals surface area (Å²) in [5.41, 5.74) is 1.61. The smallest absolute Gasteiger partial charge is 0.227 e. The van der Waals surface area contributed by atoms with E-state index in [4.69, 9.17) is 4.74 Å². The fourth-order valence-electron chi connectivity index (χ4n) is 2.23. The highest BCUT2D eigenvalue weighted by molar-refractivity contribution is 5.93. The van der Waals surface area contributed by atoms with Crippen molar-refractivity contribution in [2.24, 2.45) is 0 Å². The van der Waals surface area contributed by atoms with Gasteiger partial charge in [0.1, 0.15) is 6.33 Å². The van der Waals surface area contributed by atoms with Gasteiger partial charge in [0.25, 0.3) is 0 Å². The monoisotopic (exact) mass is 272 g/mol. The summed E-state index contributed by atoms with van der Waals surface area (Å²) in [6.07, 6.45) is 3.55. The maximum atomic E-state index is 12.0. The summed E-state index contributed by atoms with van der Waals surface area (Å²) >= 11 is 0. The third kappa shape index (κ3) is 3.09. The molecule has 1 unspecified atom stereocenters. The Labute approximate surface area is 116 Å². The first-order valence-corrected chi connectivity index (χ1v) is 6.63. The average molecular weight is 272 g/mol. The van der Waals surface area contributed by atoms with Crippen LogP contribution < -0.4 is 10.6 Å². The van der Waals surface area contributed by atoms with Crippen LogP contribution in [0.1, 0.15) is 6.42 Å². The number of hydrogen-bond acceptors (Lipinski definition) is 5. The number of benzene rings is 1. The van der Waals surface area contributed by atoms with Crippen LogP contribution in [0.15, 0.2) is 30.7 Å². The summed E-state index contributed by atoms with van der Waals surface area (Å²) in [5, 5.41) is 6.99. The highest BCUT2D eigenvalue weighted by Crippen LogP contribution is 2.16. The first-order valence-electron chi connectivity index (χ1n) is 6.63. The normalized spacial score (nSPS) is 18.9. The van der Waals surface area contributed by atoms with Gasteiger partial charge in [-0.1, -0.05) is 0 Å². The number of nitrogens with one attached hydrogen (secondary N) is 2. The number of rotatable bonds is 3. The minimum Gasteiger partial charge on any atom is -0.375 e. The lowest BCUT2D eigenvalue weighted by Crippen LogP contribution is -2.40. The molecule has 3 rings (SSSR count). The lowest BCUT2D eigenvalue weighted by Gasteiger charge is -2.23. The zero-order valence-corrected chi connectivity index (χ0v) is 11.0. The Balaban J connectivity index is 1.64. The average Bonchev–Trinajstić information content (AvgIpc) is 2.48. The van der Waals surface area contributed by atoms with Gasteiger partial charge in [-0.15, -0.1) is 0 Å². The number of fused-ring (bicyclic) bond motifs is 1. The molecule has 0 aliphatic carbocycles. The molecule has 1 saturated heterocycles. The summed E-state index contributed by atoms with van der Waals surface area (Å²) in [6.45, 7) is 2.23. The minimum absolute atomic E-state index is 0.0464. The van der Waals surface area contributed by atoms with Gasteiger partial charge < -0.3 is 15.4 Å². The van der Waals surface area contributed by atoms with E-state index in [-0.39, 0.29) is 12.0 Å². The van der Waals surface area contributed by atoms with E-state index in [0.717, 1.165) is 29.7 Å². The van der Waals surface area contributed by atoms with E-state index in [2.05, 4.69) is 20.6 Å². The van der Waals surface area contributed by atoms with Crippen molar-refractivity contribution in [3.63, 3.8) is 0 Å². The summed E-state index contributed by atoms with van der Waals surface area (Å²) in [7, 11) is 0. The van der Waals surface area contributed by atoms with Gasteiger partial charge in [-0.3, -0.25) is 4.79 Å². The topological polar surface area (TPSA) is 76.1 Å². The zero-order chi connectivity index (χ0) is 13.8. The molecule has 1 aliphatic rings. The second-order valence-corrected chi connectivity index (χ2v) is 4.75. The Bertz CT molecular complexity index is 611. The zero-order valence-electron chi connectivity index (χ0n) is 11.0. The predicted octanol–water partition coefficient (Wildman–Crippen LogP) is 0.947. The fraction of sp³-hybridized carbons (Fsp3) is 0.357. The lowest BCUT2D eigenvalue weighted by atomic mass is 10.2. The Morgan fingerprint density at radius 3 is 3.30 bits per heavy atom. The van der Waals surface area contributed by atoms with Crippen LogP contribution in [0, 0.1) is 0 Å². The number of ether oxygens (including phenoxy) is 1. The summed E-state index contributed by atoms with van der Waals surface area (Å²) in [5.74, 6) is -0.0464. The van der Waals surface area contributed by atoms with Gasteiger partial charge >= 0.3 is 0 Å². The van der Waals surface area contributed by atoms with Gasteiger partial charge in [0.05, 0.1) is 24.6 Å². The van der Waals surface area contributed by atoms with Crippen molar-refractivity contribution in [1.82, 2.24) is 15.3 Å². The number of amides is 1. The van der Waals surface area contributed by atoms with E-state index < -0.39 is 0 Å². The van der Waals surface area contributed by atoms with E-state index in [1.165, 1.54) is 6.33 Å². The van der Waals surface area contributed by atoms with Crippen LogP contribution >= 0.6 is 0 Å². The molecule has 2 heterocycles. The van der Waals surface area contributed by atoms with Crippen molar-refractivity contribution >= 4 is 22.5 Å². The molecule has 0 saturated carbocycles. The number of hydrogen-bond donors (Lipinski definition) is 2. The molecule has 0 spiro atoms. The van der Waals surface area contributed by atoms with Crippen LogP contribution in [0.4, 0.5) is 5.69 Å². The van der Waals surface area contributed by atoms with Gasteiger partial charge in [-0.2, -0.15) is 0 Å². The van der Waals surface area contributed by atoms with Crippen molar-refractivity contribution in [3.8, 4) is 0 Å². The molecule has 0 bridgehead atoms. The predicted molar refractivity (Wildman–Crippen MR) is 75.4 cm³/mol. The second kappa shape index (κ2) is 5.94. The van der Waals surface area contributed by atoms with Crippen LogP contribution in [0.2, 0.25) is 0 Å². The van der Waals surface area contributed by atoms with Crippen molar-refractivity contribution in [1.29, 1.82) is 0 Å². The molecule has 0 radical (unpaired) electrons. The molecule has 6 heteroatoms.